The molecule has 1 amide bonds. The summed E-state index contributed by atoms with van der Waals surface area (Å²) in [5, 5.41) is 0. The number of amides is 1. The maximum Gasteiger partial charge on any atom is 0.226 e. The van der Waals surface area contributed by atoms with E-state index < -0.39 is 0 Å². The lowest BCUT2D eigenvalue weighted by Crippen LogP contribution is -2.47. The molecule has 0 radical (unpaired) electrons. The molecule has 0 saturated heterocycles. The minimum Gasteiger partial charge on any atom is -0.316 e. The zero-order chi connectivity index (χ0) is 17.0. The number of rotatable bonds is 8. The second-order valence-corrected chi connectivity index (χ2v) is 8.26. The van der Waals surface area contributed by atoms with Gasteiger partial charge < -0.3 is 4.90 Å². The lowest BCUT2D eigenvalue weighted by atomic mass is 9.62. The van der Waals surface area contributed by atoms with E-state index in [9.17, 15) is 4.79 Å². The van der Waals surface area contributed by atoms with Crippen LogP contribution in [0.15, 0.2) is 12.3 Å². The van der Waals surface area contributed by atoms with Crippen LogP contribution in [-0.2, 0) is 4.79 Å². The first-order valence-electron chi connectivity index (χ1n) is 8.35. The fourth-order valence-corrected chi connectivity index (χ4v) is 2.41. The van der Waals surface area contributed by atoms with Crippen LogP contribution in [0.2, 0.25) is 0 Å². The van der Waals surface area contributed by atoms with Gasteiger partial charge in [0.1, 0.15) is 0 Å². The molecule has 0 unspecified atom stereocenters. The van der Waals surface area contributed by atoms with E-state index in [2.05, 4.69) is 68.9 Å². The topological polar surface area (TPSA) is 20.3 Å². The van der Waals surface area contributed by atoms with Gasteiger partial charge in [-0.3, -0.25) is 4.79 Å². The van der Waals surface area contributed by atoms with Crippen LogP contribution in [0.25, 0.3) is 0 Å². The first-order chi connectivity index (χ1) is 9.36. The molecule has 0 aromatic rings. The summed E-state index contributed by atoms with van der Waals surface area (Å²) >= 11 is 0. The highest BCUT2D eigenvalue weighted by Crippen LogP contribution is 2.45. The summed E-state index contributed by atoms with van der Waals surface area (Å²) in [4.78, 5) is 14.5. The largest absolute Gasteiger partial charge is 0.316 e. The molecule has 0 aliphatic heterocycles. The number of carbonyl (C=O) groups excluding carboxylic acids is 1. The van der Waals surface area contributed by atoms with E-state index in [4.69, 9.17) is 0 Å². The zero-order valence-corrected chi connectivity index (χ0v) is 15.8. The Labute approximate surface area is 133 Å². The molecule has 0 saturated carbocycles. The minimum absolute atomic E-state index is 0.0336. The Hall–Kier alpha value is -0.790. The predicted molar refractivity (Wildman–Crippen MR) is 93.0 cm³/mol. The molecule has 2 nitrogen and oxygen atoms in total. The van der Waals surface area contributed by atoms with Crippen molar-refractivity contribution in [2.45, 2.75) is 75.2 Å². The summed E-state index contributed by atoms with van der Waals surface area (Å²) in [7, 11) is 0. The third-order valence-corrected chi connectivity index (χ3v) is 5.41. The normalized spacial score (nSPS) is 12.9. The standard InChI is InChI=1S/C19H37NO/c1-11-16(6)20(17(21)12-14(2)3)13-18(7,8)19(9,10)15(4)5/h14-15H,6,11-13H2,1-5,7-10H3. The van der Waals surface area contributed by atoms with Crippen LogP contribution >= 0.6 is 0 Å². The van der Waals surface area contributed by atoms with Gasteiger partial charge in [-0.25, -0.2) is 0 Å². The Morgan fingerprint density at radius 3 is 1.90 bits per heavy atom. The second-order valence-electron chi connectivity index (χ2n) is 8.26. The average molecular weight is 296 g/mol. The van der Waals surface area contributed by atoms with Crippen molar-refractivity contribution in [2.24, 2.45) is 22.7 Å². The minimum atomic E-state index is 0.0336. The molecule has 0 bridgehead atoms. The summed E-state index contributed by atoms with van der Waals surface area (Å²) in [6.45, 7) is 24.8. The summed E-state index contributed by atoms with van der Waals surface area (Å²) in [5.74, 6) is 1.15. The number of allylic oxidation sites excluding steroid dienone is 1. The van der Waals surface area contributed by atoms with Crippen LogP contribution < -0.4 is 0 Å². The van der Waals surface area contributed by atoms with Crippen LogP contribution in [0.1, 0.15) is 75.2 Å². The smallest absolute Gasteiger partial charge is 0.226 e. The lowest BCUT2D eigenvalue weighted by Gasteiger charge is -2.47. The van der Waals surface area contributed by atoms with Gasteiger partial charge >= 0.3 is 0 Å². The quantitative estimate of drug-likeness (QED) is 0.579. The average Bonchev–Trinajstić information content (AvgIpc) is 2.33. The highest BCUT2D eigenvalue weighted by Gasteiger charge is 2.41. The van der Waals surface area contributed by atoms with Crippen LogP contribution in [0, 0.1) is 22.7 Å². The van der Waals surface area contributed by atoms with E-state index in [0.717, 1.165) is 18.7 Å². The molecule has 0 aromatic heterocycles. The van der Waals surface area contributed by atoms with Gasteiger partial charge in [0.25, 0.3) is 0 Å². The van der Waals surface area contributed by atoms with Crippen molar-refractivity contribution in [2.75, 3.05) is 6.54 Å². The van der Waals surface area contributed by atoms with Gasteiger partial charge in [0.2, 0.25) is 5.91 Å². The monoisotopic (exact) mass is 295 g/mol. The Morgan fingerprint density at radius 2 is 1.57 bits per heavy atom. The molecule has 0 aliphatic carbocycles. The summed E-state index contributed by atoms with van der Waals surface area (Å²) in [6.07, 6.45) is 1.42. The fourth-order valence-electron chi connectivity index (χ4n) is 2.41. The number of nitrogens with zero attached hydrogens (tertiary/aromatic N) is 1. The van der Waals surface area contributed by atoms with Gasteiger partial charge in [0, 0.05) is 18.7 Å². The fraction of sp³-hybridized carbons (Fsp3) is 0.842. The molecule has 0 N–H and O–H groups in total. The molecule has 0 atom stereocenters. The molecule has 2 heteroatoms. The molecular weight excluding hydrogens is 258 g/mol. The van der Waals surface area contributed by atoms with Crippen LogP contribution in [0.5, 0.6) is 0 Å². The third kappa shape index (κ3) is 5.16. The van der Waals surface area contributed by atoms with Crippen LogP contribution in [-0.4, -0.2) is 17.4 Å². The molecule has 0 aliphatic rings. The summed E-state index contributed by atoms with van der Waals surface area (Å²) in [5.41, 5.74) is 1.12. The van der Waals surface area contributed by atoms with E-state index in [1.807, 2.05) is 4.90 Å². The third-order valence-electron chi connectivity index (χ3n) is 5.41. The number of hydrogen-bond donors (Lipinski definition) is 0. The maximum atomic E-state index is 12.6. The molecule has 0 rings (SSSR count). The molecule has 21 heavy (non-hydrogen) atoms. The van der Waals surface area contributed by atoms with Crippen LogP contribution in [0.3, 0.4) is 0 Å². The van der Waals surface area contributed by atoms with Crippen molar-refractivity contribution in [3.05, 3.63) is 12.3 Å². The highest BCUT2D eigenvalue weighted by molar-refractivity contribution is 5.78. The van der Waals surface area contributed by atoms with E-state index >= 15 is 0 Å². The number of hydrogen-bond acceptors (Lipinski definition) is 1. The molecule has 0 fully saturated rings. The van der Waals surface area contributed by atoms with Crippen molar-refractivity contribution in [1.82, 2.24) is 4.90 Å². The molecular formula is C19H37NO. The van der Waals surface area contributed by atoms with Gasteiger partial charge in [-0.1, -0.05) is 68.9 Å². The Balaban J connectivity index is 5.31. The van der Waals surface area contributed by atoms with Gasteiger partial charge in [0.15, 0.2) is 0 Å². The Morgan fingerprint density at radius 1 is 1.10 bits per heavy atom. The number of carbonyl (C=O) groups is 1. The lowest BCUT2D eigenvalue weighted by molar-refractivity contribution is -0.132. The van der Waals surface area contributed by atoms with Crippen LogP contribution in [0.4, 0.5) is 0 Å². The SMILES string of the molecule is C=C(CC)N(CC(C)(C)C(C)(C)C(C)C)C(=O)CC(C)C. The van der Waals surface area contributed by atoms with E-state index in [1.165, 1.54) is 0 Å². The summed E-state index contributed by atoms with van der Waals surface area (Å²) in [6, 6.07) is 0. The van der Waals surface area contributed by atoms with E-state index in [1.54, 1.807) is 0 Å². The maximum absolute atomic E-state index is 12.6. The van der Waals surface area contributed by atoms with Gasteiger partial charge in [-0.2, -0.15) is 0 Å². The first-order valence-corrected chi connectivity index (χ1v) is 8.35. The Kier molecular flexibility index (Phi) is 7.19. The molecule has 0 heterocycles. The van der Waals surface area contributed by atoms with Gasteiger partial charge in [-0.05, 0) is 29.1 Å². The van der Waals surface area contributed by atoms with Gasteiger partial charge in [0.05, 0.1) is 0 Å². The van der Waals surface area contributed by atoms with Crippen molar-refractivity contribution in [3.8, 4) is 0 Å². The van der Waals surface area contributed by atoms with Crippen molar-refractivity contribution in [1.29, 1.82) is 0 Å². The second kappa shape index (κ2) is 7.47. The van der Waals surface area contributed by atoms with E-state index in [0.29, 0.717) is 18.3 Å². The molecule has 0 spiro atoms. The predicted octanol–water partition coefficient (Wildman–Crippen LogP) is 5.49. The summed E-state index contributed by atoms with van der Waals surface area (Å²) < 4.78 is 0. The van der Waals surface area contributed by atoms with Gasteiger partial charge in [-0.15, -0.1) is 0 Å². The van der Waals surface area contributed by atoms with Crippen molar-refractivity contribution < 1.29 is 4.79 Å². The first kappa shape index (κ1) is 20.2. The van der Waals surface area contributed by atoms with Crippen molar-refractivity contribution in [3.63, 3.8) is 0 Å². The Bertz CT molecular complexity index is 364. The highest BCUT2D eigenvalue weighted by atomic mass is 16.2. The molecule has 124 valence electrons. The zero-order valence-electron chi connectivity index (χ0n) is 15.8. The van der Waals surface area contributed by atoms with E-state index in [-0.39, 0.29) is 16.7 Å². The molecule has 0 aromatic carbocycles. The van der Waals surface area contributed by atoms with Crippen molar-refractivity contribution >= 4 is 5.91 Å².